The Morgan fingerprint density at radius 3 is 2.56 bits per heavy atom. The Hall–Kier alpha value is -2.56. The highest BCUT2D eigenvalue weighted by atomic mass is 79.9. The lowest BCUT2D eigenvalue weighted by Crippen LogP contribution is -2.51. The van der Waals surface area contributed by atoms with E-state index < -0.39 is 17.8 Å². The van der Waals surface area contributed by atoms with Crippen molar-refractivity contribution >= 4 is 68.5 Å². The number of benzene rings is 1. The van der Waals surface area contributed by atoms with Crippen LogP contribution in [0, 0.1) is 0 Å². The van der Waals surface area contributed by atoms with Crippen molar-refractivity contribution in [3.8, 4) is 11.5 Å². The molecule has 1 saturated heterocycles. The average molecular weight is 467 g/mol. The predicted octanol–water partition coefficient (Wildman–Crippen LogP) is 2.65. The first-order valence-electron chi connectivity index (χ1n) is 7.40. The number of halogens is 1. The van der Waals surface area contributed by atoms with Crippen LogP contribution in [0.15, 0.2) is 39.7 Å². The molecule has 2 amide bonds. The summed E-state index contributed by atoms with van der Waals surface area (Å²) < 4.78 is 11.1. The number of amides is 2. The van der Waals surface area contributed by atoms with Crippen LogP contribution in [0.1, 0.15) is 15.2 Å². The predicted molar refractivity (Wildman–Crippen MR) is 107 cm³/mol. The highest BCUT2D eigenvalue weighted by Crippen LogP contribution is 2.38. The molecule has 0 bridgehead atoms. The molecule has 0 unspecified atom stereocenters. The zero-order valence-corrected chi connectivity index (χ0v) is 16.9. The lowest BCUT2D eigenvalue weighted by molar-refractivity contribution is -0.123. The van der Waals surface area contributed by atoms with Gasteiger partial charge in [-0.3, -0.25) is 20.2 Å². The van der Waals surface area contributed by atoms with Crippen LogP contribution in [-0.2, 0) is 9.59 Å². The van der Waals surface area contributed by atoms with Gasteiger partial charge in [-0.2, -0.15) is 0 Å². The normalized spacial score (nSPS) is 13.7. The second-order valence-electron chi connectivity index (χ2n) is 5.20. The van der Waals surface area contributed by atoms with Gasteiger partial charge in [-0.05, 0) is 63.4 Å². The Bertz CT molecular complexity index is 963. The molecule has 1 aromatic heterocycles. The summed E-state index contributed by atoms with van der Waals surface area (Å²) in [5, 5.41) is 6.44. The molecular weight excluding hydrogens is 456 g/mol. The molecule has 1 fully saturated rings. The van der Waals surface area contributed by atoms with Crippen molar-refractivity contribution in [1.82, 2.24) is 10.6 Å². The number of hydrogen-bond acceptors (Lipinski definition) is 7. The quantitative estimate of drug-likeness (QED) is 0.236. The Kier molecular flexibility index (Phi) is 5.68. The third-order valence-electron chi connectivity index (χ3n) is 3.42. The molecule has 1 aliphatic heterocycles. The highest BCUT2D eigenvalue weighted by Gasteiger charge is 2.26. The lowest BCUT2D eigenvalue weighted by atomic mass is 10.1. The van der Waals surface area contributed by atoms with Gasteiger partial charge in [-0.1, -0.05) is 6.07 Å². The molecule has 1 aliphatic rings. The van der Waals surface area contributed by atoms with Crippen LogP contribution < -0.4 is 20.1 Å². The highest BCUT2D eigenvalue weighted by molar-refractivity contribution is 9.10. The Morgan fingerprint density at radius 2 is 1.96 bits per heavy atom. The zero-order valence-electron chi connectivity index (χ0n) is 13.7. The Morgan fingerprint density at radius 1 is 1.26 bits per heavy atom. The first-order valence-corrected chi connectivity index (χ1v) is 9.48. The van der Waals surface area contributed by atoms with Gasteiger partial charge in [-0.15, -0.1) is 11.3 Å². The molecular formula is C17H11BrN2O5S2. The molecule has 2 N–H and O–H groups in total. The van der Waals surface area contributed by atoms with Gasteiger partial charge in [0, 0.05) is 0 Å². The van der Waals surface area contributed by atoms with Crippen LogP contribution in [0.25, 0.3) is 6.08 Å². The monoisotopic (exact) mass is 466 g/mol. The van der Waals surface area contributed by atoms with Gasteiger partial charge in [0.25, 0.3) is 11.8 Å². The van der Waals surface area contributed by atoms with Gasteiger partial charge in [0.05, 0.1) is 11.6 Å². The van der Waals surface area contributed by atoms with Crippen LogP contribution in [0.4, 0.5) is 0 Å². The molecule has 0 aliphatic carbocycles. The number of thiophene rings is 1. The molecule has 138 valence electrons. The van der Waals surface area contributed by atoms with E-state index >= 15 is 0 Å². The van der Waals surface area contributed by atoms with Crippen LogP contribution in [-0.4, -0.2) is 30.0 Å². The van der Waals surface area contributed by atoms with E-state index in [0.717, 1.165) is 0 Å². The molecule has 0 spiro atoms. The number of nitrogens with one attached hydrogen (secondary N) is 2. The number of rotatable bonds is 4. The van der Waals surface area contributed by atoms with E-state index in [2.05, 4.69) is 26.6 Å². The number of carbonyl (C=O) groups excluding carboxylic acids is 3. The van der Waals surface area contributed by atoms with Gasteiger partial charge in [0.1, 0.15) is 10.5 Å². The fourth-order valence-electron chi connectivity index (χ4n) is 2.23. The molecule has 3 rings (SSSR count). The molecule has 2 aromatic rings. The van der Waals surface area contributed by atoms with E-state index in [1.54, 1.807) is 29.6 Å². The number of esters is 1. The first kappa shape index (κ1) is 19.2. The second kappa shape index (κ2) is 7.99. The second-order valence-corrected chi connectivity index (χ2v) is 7.41. The summed E-state index contributed by atoms with van der Waals surface area (Å²) >= 11 is 9.35. The van der Waals surface area contributed by atoms with E-state index in [0.29, 0.717) is 14.9 Å². The van der Waals surface area contributed by atoms with Gasteiger partial charge >= 0.3 is 5.97 Å². The van der Waals surface area contributed by atoms with E-state index in [1.165, 1.54) is 24.5 Å². The van der Waals surface area contributed by atoms with E-state index in [-0.39, 0.29) is 22.2 Å². The van der Waals surface area contributed by atoms with Crippen molar-refractivity contribution in [2.45, 2.75) is 0 Å². The lowest BCUT2D eigenvalue weighted by Gasteiger charge is -2.17. The molecule has 1 aromatic carbocycles. The minimum absolute atomic E-state index is 0.0447. The maximum Gasteiger partial charge on any atom is 0.353 e. The maximum absolute atomic E-state index is 12.2. The molecule has 0 atom stereocenters. The fraction of sp³-hybridized carbons (Fsp3) is 0.0588. The minimum Gasteiger partial charge on any atom is -0.493 e. The van der Waals surface area contributed by atoms with Crippen LogP contribution in [0.3, 0.4) is 0 Å². The van der Waals surface area contributed by atoms with Crippen LogP contribution in [0.2, 0.25) is 0 Å². The van der Waals surface area contributed by atoms with E-state index in [1.807, 2.05) is 0 Å². The van der Waals surface area contributed by atoms with Crippen LogP contribution in [0.5, 0.6) is 11.5 Å². The number of carbonyl (C=O) groups is 3. The van der Waals surface area contributed by atoms with Crippen molar-refractivity contribution in [3.05, 3.63) is 50.1 Å². The van der Waals surface area contributed by atoms with E-state index in [4.69, 9.17) is 21.7 Å². The third-order valence-corrected chi connectivity index (χ3v) is 5.07. The molecule has 7 nitrogen and oxygen atoms in total. The van der Waals surface area contributed by atoms with Crippen molar-refractivity contribution in [2.75, 3.05) is 7.11 Å². The topological polar surface area (TPSA) is 93.7 Å². The number of thiocarbonyl (C=S) groups is 1. The smallest absolute Gasteiger partial charge is 0.353 e. The van der Waals surface area contributed by atoms with Crippen molar-refractivity contribution in [3.63, 3.8) is 0 Å². The summed E-state index contributed by atoms with van der Waals surface area (Å²) in [7, 11) is 1.42. The van der Waals surface area contributed by atoms with Crippen LogP contribution >= 0.6 is 39.5 Å². The van der Waals surface area contributed by atoms with Crippen molar-refractivity contribution in [2.24, 2.45) is 0 Å². The van der Waals surface area contributed by atoms with E-state index in [9.17, 15) is 14.4 Å². The summed E-state index contributed by atoms with van der Waals surface area (Å²) in [4.78, 5) is 36.6. The maximum atomic E-state index is 12.2. The Balaban J connectivity index is 1.93. The largest absolute Gasteiger partial charge is 0.493 e. The SMILES string of the molecule is COc1cc(C=C2C(=O)NC(=S)NC2=O)cc(Br)c1OC(=O)c1cccs1. The summed E-state index contributed by atoms with van der Waals surface area (Å²) in [6.07, 6.45) is 1.38. The zero-order chi connectivity index (χ0) is 19.6. The molecule has 10 heteroatoms. The molecule has 0 radical (unpaired) electrons. The molecule has 2 heterocycles. The number of hydrogen-bond donors (Lipinski definition) is 2. The summed E-state index contributed by atoms with van der Waals surface area (Å²) in [6.45, 7) is 0. The van der Waals surface area contributed by atoms with Crippen molar-refractivity contribution < 1.29 is 23.9 Å². The molecule has 27 heavy (non-hydrogen) atoms. The fourth-order valence-corrected chi connectivity index (χ4v) is 3.56. The standard InChI is InChI=1S/C17H11BrN2O5S2/c1-24-11-7-8(5-9-14(21)19-17(26)20-15(9)22)6-10(18)13(11)25-16(23)12-3-2-4-27-12/h2-7H,1H3,(H2,19,20,21,22,26). The molecule has 0 saturated carbocycles. The number of ether oxygens (including phenoxy) is 2. The third kappa shape index (κ3) is 4.24. The van der Waals surface area contributed by atoms with Gasteiger partial charge in [0.15, 0.2) is 16.6 Å². The first-order chi connectivity index (χ1) is 12.9. The summed E-state index contributed by atoms with van der Waals surface area (Å²) in [6, 6.07) is 6.54. The van der Waals surface area contributed by atoms with Gasteiger partial charge in [0.2, 0.25) is 0 Å². The minimum atomic E-state index is -0.605. The summed E-state index contributed by atoms with van der Waals surface area (Å²) in [5.74, 6) is -1.28. The number of methoxy groups -OCH3 is 1. The van der Waals surface area contributed by atoms with Gasteiger partial charge in [-0.25, -0.2) is 4.79 Å². The Labute approximate surface area is 171 Å². The van der Waals surface area contributed by atoms with Gasteiger partial charge < -0.3 is 9.47 Å². The average Bonchev–Trinajstić information content (AvgIpc) is 3.14. The summed E-state index contributed by atoms with van der Waals surface area (Å²) in [5.41, 5.74) is 0.378. The van der Waals surface area contributed by atoms with Crippen molar-refractivity contribution in [1.29, 1.82) is 0 Å².